The van der Waals surface area contributed by atoms with Crippen molar-refractivity contribution in [3.05, 3.63) is 93.6 Å². The third-order valence-corrected chi connectivity index (χ3v) is 7.90. The van der Waals surface area contributed by atoms with Gasteiger partial charge in [0.25, 0.3) is 11.8 Å². The number of ketones is 1. The van der Waals surface area contributed by atoms with Gasteiger partial charge in [0.2, 0.25) is 0 Å². The molecule has 0 bridgehead atoms. The first-order chi connectivity index (χ1) is 19.3. The van der Waals surface area contributed by atoms with E-state index in [4.69, 9.17) is 11.6 Å². The van der Waals surface area contributed by atoms with Crippen LogP contribution < -0.4 is 5.32 Å². The summed E-state index contributed by atoms with van der Waals surface area (Å²) in [4.78, 5) is 48.2. The van der Waals surface area contributed by atoms with Gasteiger partial charge in [0.05, 0.1) is 12.1 Å². The number of likely N-dealkylation sites (tertiary alicyclic amines) is 1. The van der Waals surface area contributed by atoms with E-state index in [-0.39, 0.29) is 36.7 Å². The molecule has 8 nitrogen and oxygen atoms in total. The zero-order valence-electron chi connectivity index (χ0n) is 22.5. The van der Waals surface area contributed by atoms with Crippen LogP contribution in [-0.2, 0) is 17.8 Å². The number of aromatic nitrogens is 1. The first kappa shape index (κ1) is 28.0. The van der Waals surface area contributed by atoms with E-state index in [9.17, 15) is 19.5 Å². The molecule has 0 aliphatic carbocycles. The Morgan fingerprint density at radius 2 is 1.82 bits per heavy atom. The molecule has 0 saturated carbocycles. The molecule has 0 spiro atoms. The van der Waals surface area contributed by atoms with Crippen molar-refractivity contribution in [2.24, 2.45) is 0 Å². The van der Waals surface area contributed by atoms with Gasteiger partial charge in [-0.2, -0.15) is 0 Å². The number of anilines is 1. The highest BCUT2D eigenvalue weighted by Gasteiger charge is 2.35. The van der Waals surface area contributed by atoms with Crippen LogP contribution in [0.5, 0.6) is 0 Å². The average Bonchev–Trinajstić information content (AvgIpc) is 3.03. The van der Waals surface area contributed by atoms with E-state index in [1.54, 1.807) is 47.5 Å². The second-order valence-corrected chi connectivity index (χ2v) is 11.1. The van der Waals surface area contributed by atoms with Crippen LogP contribution in [0.15, 0.2) is 60.8 Å². The fourth-order valence-electron chi connectivity index (χ4n) is 5.33. The minimum atomic E-state index is -0.596. The van der Waals surface area contributed by atoms with Crippen LogP contribution in [-0.4, -0.2) is 69.3 Å². The monoisotopic (exact) mass is 560 g/mol. The quantitative estimate of drug-likeness (QED) is 0.447. The van der Waals surface area contributed by atoms with Gasteiger partial charge in [0, 0.05) is 54.9 Å². The molecule has 208 valence electrons. The lowest BCUT2D eigenvalue weighted by Crippen LogP contribution is -2.46. The maximum absolute atomic E-state index is 13.8. The first-order valence-electron chi connectivity index (χ1n) is 13.6. The van der Waals surface area contributed by atoms with Crippen LogP contribution in [0.3, 0.4) is 0 Å². The number of benzene rings is 2. The molecule has 2 aromatic carbocycles. The Hall–Kier alpha value is -3.59. The largest absolute Gasteiger partial charge is 0.393 e. The number of Topliss-reactive ketones (excluding diaryl/α,β-unsaturated/α-hetero) is 1. The number of piperidine rings is 1. The lowest BCUT2D eigenvalue weighted by molar-refractivity contribution is -0.123. The topological polar surface area (TPSA) is 103 Å². The van der Waals surface area contributed by atoms with Gasteiger partial charge in [-0.15, -0.1) is 0 Å². The Kier molecular flexibility index (Phi) is 8.59. The van der Waals surface area contributed by atoms with Crippen LogP contribution >= 0.6 is 11.6 Å². The van der Waals surface area contributed by atoms with E-state index in [1.807, 2.05) is 25.1 Å². The third-order valence-electron chi connectivity index (χ3n) is 7.67. The molecule has 1 saturated heterocycles. The summed E-state index contributed by atoms with van der Waals surface area (Å²) in [5.41, 5.74) is 3.42. The normalized spacial score (nSPS) is 18.4. The van der Waals surface area contributed by atoms with Gasteiger partial charge in [-0.3, -0.25) is 14.4 Å². The summed E-state index contributed by atoms with van der Waals surface area (Å²) in [7, 11) is 0. The molecule has 1 atom stereocenters. The highest BCUT2D eigenvalue weighted by atomic mass is 35.5. The van der Waals surface area contributed by atoms with Crippen LogP contribution in [0.25, 0.3) is 0 Å². The number of amides is 2. The number of rotatable bonds is 7. The van der Waals surface area contributed by atoms with Crippen molar-refractivity contribution in [2.45, 2.75) is 51.3 Å². The van der Waals surface area contributed by atoms with Gasteiger partial charge >= 0.3 is 0 Å². The molecule has 2 amide bonds. The highest BCUT2D eigenvalue weighted by Crippen LogP contribution is 2.27. The predicted molar refractivity (Wildman–Crippen MR) is 153 cm³/mol. The number of nitrogens with zero attached hydrogens (tertiary/aromatic N) is 3. The number of carbonyl (C=O) groups excluding carboxylic acids is 3. The van der Waals surface area contributed by atoms with Crippen molar-refractivity contribution >= 4 is 35.0 Å². The lowest BCUT2D eigenvalue weighted by Gasteiger charge is -2.33. The van der Waals surface area contributed by atoms with Gasteiger partial charge in [0.15, 0.2) is 5.78 Å². The van der Waals surface area contributed by atoms with Gasteiger partial charge in [-0.25, -0.2) is 4.98 Å². The van der Waals surface area contributed by atoms with Gasteiger partial charge in [-0.05, 0) is 79.3 Å². The molecule has 0 radical (unpaired) electrons. The summed E-state index contributed by atoms with van der Waals surface area (Å²) < 4.78 is 0. The molecule has 3 aromatic rings. The Balaban J connectivity index is 1.34. The predicted octanol–water partition coefficient (Wildman–Crippen LogP) is 4.28. The number of hydrogen-bond donors (Lipinski definition) is 2. The molecule has 2 aliphatic rings. The number of carbonyl (C=O) groups is 3. The number of pyridine rings is 1. The Bertz CT molecular complexity index is 1390. The van der Waals surface area contributed by atoms with Crippen molar-refractivity contribution < 1.29 is 19.5 Å². The number of nitrogens with one attached hydrogen (secondary N) is 1. The summed E-state index contributed by atoms with van der Waals surface area (Å²) in [6.45, 7) is 4.37. The van der Waals surface area contributed by atoms with Crippen LogP contribution in [0.4, 0.5) is 5.82 Å². The fraction of sp³-hybridized carbons (Fsp3) is 0.355. The number of fused-ring (bicyclic) bond motifs is 1. The number of halogens is 1. The SMILES string of the molecule is Cc1ccc(NC(=O)c2ccc(CN3C(=O)c4ccc(Cl)cc4CC(=O)[C@H]3CCN3CCC(O)CC3)cc2)nc1. The molecular formula is C31H33ClN4O4. The standard InChI is InChI=1S/C31H33ClN4O4/c1-20-2-9-29(33-18-20)34-30(39)22-5-3-21(4-6-22)19-36-27(12-15-35-13-10-25(37)11-14-35)28(38)17-23-16-24(32)7-8-26(23)31(36)40/h2-9,16,18,25,27,37H,10-15,17,19H2,1H3,(H,33,34,39)/t27-/m1/s1. The van der Waals surface area contributed by atoms with Crippen molar-refractivity contribution in [3.8, 4) is 0 Å². The summed E-state index contributed by atoms with van der Waals surface area (Å²) in [5.74, 6) is -0.0331. The molecule has 0 unspecified atom stereocenters. The molecule has 2 N–H and O–H groups in total. The molecule has 2 aliphatic heterocycles. The minimum absolute atomic E-state index is 0.0204. The molecule has 40 heavy (non-hydrogen) atoms. The summed E-state index contributed by atoms with van der Waals surface area (Å²) in [6.07, 6.45) is 3.50. The van der Waals surface area contributed by atoms with E-state index in [0.717, 1.165) is 24.2 Å². The average molecular weight is 561 g/mol. The number of aryl methyl sites for hydroxylation is 1. The molecule has 5 rings (SSSR count). The summed E-state index contributed by atoms with van der Waals surface area (Å²) >= 11 is 6.20. The summed E-state index contributed by atoms with van der Waals surface area (Å²) in [5, 5.41) is 13.1. The van der Waals surface area contributed by atoms with E-state index in [1.165, 1.54) is 0 Å². The van der Waals surface area contributed by atoms with E-state index in [2.05, 4.69) is 15.2 Å². The highest BCUT2D eigenvalue weighted by molar-refractivity contribution is 6.30. The van der Waals surface area contributed by atoms with Gasteiger partial charge < -0.3 is 20.2 Å². The molecule has 1 aromatic heterocycles. The van der Waals surface area contributed by atoms with Crippen LogP contribution in [0.1, 0.15) is 56.7 Å². The number of hydrogen-bond acceptors (Lipinski definition) is 6. The smallest absolute Gasteiger partial charge is 0.256 e. The van der Waals surface area contributed by atoms with Crippen LogP contribution in [0, 0.1) is 6.92 Å². The molecule has 9 heteroatoms. The molecule has 3 heterocycles. The third kappa shape index (κ3) is 6.58. The van der Waals surface area contributed by atoms with E-state index < -0.39 is 6.04 Å². The molecule has 1 fully saturated rings. The second-order valence-electron chi connectivity index (χ2n) is 10.6. The second kappa shape index (κ2) is 12.3. The van der Waals surface area contributed by atoms with Crippen LogP contribution in [0.2, 0.25) is 5.02 Å². The minimum Gasteiger partial charge on any atom is -0.393 e. The fourth-order valence-corrected chi connectivity index (χ4v) is 5.52. The van der Waals surface area contributed by atoms with Crippen molar-refractivity contribution in [2.75, 3.05) is 25.0 Å². The first-order valence-corrected chi connectivity index (χ1v) is 14.0. The Labute approximate surface area is 239 Å². The molecular weight excluding hydrogens is 528 g/mol. The zero-order valence-corrected chi connectivity index (χ0v) is 23.2. The number of aliphatic hydroxyl groups is 1. The zero-order chi connectivity index (χ0) is 28.2. The maximum Gasteiger partial charge on any atom is 0.256 e. The van der Waals surface area contributed by atoms with Gasteiger partial charge in [0.1, 0.15) is 5.82 Å². The van der Waals surface area contributed by atoms with E-state index >= 15 is 0 Å². The number of aliphatic hydroxyl groups excluding tert-OH is 1. The maximum atomic E-state index is 13.8. The van der Waals surface area contributed by atoms with Crippen molar-refractivity contribution in [1.29, 1.82) is 0 Å². The van der Waals surface area contributed by atoms with Crippen molar-refractivity contribution in [3.63, 3.8) is 0 Å². The van der Waals surface area contributed by atoms with E-state index in [0.29, 0.717) is 53.3 Å². The van der Waals surface area contributed by atoms with Crippen molar-refractivity contribution in [1.82, 2.24) is 14.8 Å². The lowest BCUT2D eigenvalue weighted by atomic mass is 9.99. The Morgan fingerprint density at radius 1 is 1.07 bits per heavy atom. The van der Waals surface area contributed by atoms with Gasteiger partial charge in [-0.1, -0.05) is 29.8 Å². The summed E-state index contributed by atoms with van der Waals surface area (Å²) in [6, 6.07) is 15.2. The Morgan fingerprint density at radius 3 is 2.52 bits per heavy atom.